The van der Waals surface area contributed by atoms with Gasteiger partial charge in [0.05, 0.1) is 19.7 Å². The van der Waals surface area contributed by atoms with Gasteiger partial charge in [0.25, 0.3) is 0 Å². The second-order valence-electron chi connectivity index (χ2n) is 3.53. The molecule has 1 aromatic heterocycles. The van der Waals surface area contributed by atoms with Gasteiger partial charge in [0.1, 0.15) is 11.5 Å². The number of aromatic amines is 1. The largest absolute Gasteiger partial charge is 0.497 e. The zero-order valence-electron chi connectivity index (χ0n) is 9.46. The van der Waals surface area contributed by atoms with E-state index in [0.717, 1.165) is 22.9 Å². The average Bonchev–Trinajstić information content (AvgIpc) is 2.62. The summed E-state index contributed by atoms with van der Waals surface area (Å²) < 4.78 is 10.4. The van der Waals surface area contributed by atoms with Crippen LogP contribution in [0.15, 0.2) is 12.1 Å². The first kappa shape index (κ1) is 10.5. The van der Waals surface area contributed by atoms with Crippen molar-refractivity contribution in [3.63, 3.8) is 0 Å². The molecule has 4 heteroatoms. The molecule has 1 aromatic carbocycles. The van der Waals surface area contributed by atoms with Gasteiger partial charge in [-0.2, -0.15) is 0 Å². The number of fused-ring (bicyclic) bond motifs is 1. The quantitative estimate of drug-likeness (QED) is 0.806. The van der Waals surface area contributed by atoms with Gasteiger partial charge in [0.2, 0.25) is 0 Å². The van der Waals surface area contributed by atoms with Crippen LogP contribution in [0.25, 0.3) is 10.9 Å². The lowest BCUT2D eigenvalue weighted by Gasteiger charge is -2.05. The third-order valence-corrected chi connectivity index (χ3v) is 2.66. The van der Waals surface area contributed by atoms with Crippen molar-refractivity contribution in [1.82, 2.24) is 4.98 Å². The van der Waals surface area contributed by atoms with Crippen LogP contribution in [0.1, 0.15) is 16.1 Å². The third-order valence-electron chi connectivity index (χ3n) is 2.66. The van der Waals surface area contributed by atoms with Crippen molar-refractivity contribution in [1.29, 1.82) is 0 Å². The molecular weight excluding hydrogens is 206 g/mol. The number of carbonyl (C=O) groups excluding carboxylic acids is 1. The number of hydrogen-bond donors (Lipinski definition) is 1. The molecule has 0 atom stereocenters. The predicted octanol–water partition coefficient (Wildman–Crippen LogP) is 2.31. The number of aryl methyl sites for hydroxylation is 1. The fourth-order valence-corrected chi connectivity index (χ4v) is 1.82. The summed E-state index contributed by atoms with van der Waals surface area (Å²) >= 11 is 0. The monoisotopic (exact) mass is 219 g/mol. The zero-order valence-corrected chi connectivity index (χ0v) is 9.46. The number of ether oxygens (including phenoxy) is 2. The highest BCUT2D eigenvalue weighted by molar-refractivity contribution is 6.01. The van der Waals surface area contributed by atoms with E-state index in [1.165, 1.54) is 0 Å². The van der Waals surface area contributed by atoms with Crippen molar-refractivity contribution in [2.24, 2.45) is 0 Å². The van der Waals surface area contributed by atoms with Gasteiger partial charge in [-0.1, -0.05) is 0 Å². The third kappa shape index (κ3) is 1.43. The van der Waals surface area contributed by atoms with Gasteiger partial charge >= 0.3 is 0 Å². The SMILES string of the molecule is COc1cc(OC)c2[nH]c(C)c(C=O)c2c1. The van der Waals surface area contributed by atoms with Crippen LogP contribution in [0.4, 0.5) is 0 Å². The van der Waals surface area contributed by atoms with E-state index >= 15 is 0 Å². The molecule has 0 aliphatic rings. The van der Waals surface area contributed by atoms with E-state index in [1.807, 2.05) is 13.0 Å². The number of nitrogens with one attached hydrogen (secondary N) is 1. The molecule has 1 N–H and O–H groups in total. The zero-order chi connectivity index (χ0) is 11.7. The van der Waals surface area contributed by atoms with E-state index in [2.05, 4.69) is 4.98 Å². The summed E-state index contributed by atoms with van der Waals surface area (Å²) in [6.45, 7) is 1.86. The van der Waals surface area contributed by atoms with Crippen LogP contribution in [0.5, 0.6) is 11.5 Å². The van der Waals surface area contributed by atoms with Crippen LogP contribution in [0.3, 0.4) is 0 Å². The average molecular weight is 219 g/mol. The molecule has 4 nitrogen and oxygen atoms in total. The van der Waals surface area contributed by atoms with E-state index in [-0.39, 0.29) is 0 Å². The van der Waals surface area contributed by atoms with Crippen molar-refractivity contribution in [3.8, 4) is 11.5 Å². The van der Waals surface area contributed by atoms with Crippen molar-refractivity contribution >= 4 is 17.2 Å². The molecule has 0 unspecified atom stereocenters. The normalized spacial score (nSPS) is 10.4. The Bertz CT molecular complexity index is 543. The molecular formula is C12H13NO3. The summed E-state index contributed by atoms with van der Waals surface area (Å²) in [5.41, 5.74) is 2.30. The minimum Gasteiger partial charge on any atom is -0.497 e. The minimum atomic E-state index is 0.646. The summed E-state index contributed by atoms with van der Waals surface area (Å²) in [5.74, 6) is 1.34. The van der Waals surface area contributed by atoms with Gasteiger partial charge in [-0.3, -0.25) is 4.79 Å². The second-order valence-corrected chi connectivity index (χ2v) is 3.53. The number of aromatic nitrogens is 1. The maximum Gasteiger partial charge on any atom is 0.152 e. The van der Waals surface area contributed by atoms with E-state index < -0.39 is 0 Å². The van der Waals surface area contributed by atoms with Gasteiger partial charge in [-0.25, -0.2) is 0 Å². The lowest BCUT2D eigenvalue weighted by Crippen LogP contribution is -1.88. The van der Waals surface area contributed by atoms with Crippen LogP contribution < -0.4 is 9.47 Å². The molecule has 0 spiro atoms. The van der Waals surface area contributed by atoms with Crippen molar-refractivity contribution in [2.75, 3.05) is 14.2 Å². The van der Waals surface area contributed by atoms with Crippen LogP contribution in [0.2, 0.25) is 0 Å². The fourth-order valence-electron chi connectivity index (χ4n) is 1.82. The molecule has 2 aromatic rings. The summed E-state index contributed by atoms with van der Waals surface area (Å²) in [6.07, 6.45) is 0.840. The first-order chi connectivity index (χ1) is 7.71. The summed E-state index contributed by atoms with van der Waals surface area (Å²) in [6, 6.07) is 3.61. The van der Waals surface area contributed by atoms with Crippen molar-refractivity contribution < 1.29 is 14.3 Å². The van der Waals surface area contributed by atoms with Crippen LogP contribution >= 0.6 is 0 Å². The molecule has 0 amide bonds. The van der Waals surface area contributed by atoms with Gasteiger partial charge in [-0.05, 0) is 13.0 Å². The lowest BCUT2D eigenvalue weighted by molar-refractivity contribution is 0.112. The Labute approximate surface area is 93.2 Å². The van der Waals surface area contributed by atoms with E-state index in [4.69, 9.17) is 9.47 Å². The standard InChI is InChI=1S/C12H13NO3/c1-7-10(6-14)9-4-8(15-2)5-11(16-3)12(9)13-7/h4-6,13H,1-3H3. The Morgan fingerprint density at radius 2 is 2.00 bits per heavy atom. The maximum atomic E-state index is 11.0. The fraction of sp³-hybridized carbons (Fsp3) is 0.250. The van der Waals surface area contributed by atoms with Crippen LogP contribution in [-0.2, 0) is 0 Å². The van der Waals surface area contributed by atoms with E-state index in [9.17, 15) is 4.79 Å². The molecule has 0 aliphatic carbocycles. The first-order valence-electron chi connectivity index (χ1n) is 4.90. The Balaban J connectivity index is 2.83. The van der Waals surface area contributed by atoms with Crippen LogP contribution in [0, 0.1) is 6.92 Å². The van der Waals surface area contributed by atoms with Crippen molar-refractivity contribution in [2.45, 2.75) is 6.92 Å². The van der Waals surface area contributed by atoms with Gasteiger partial charge in [-0.15, -0.1) is 0 Å². The second kappa shape index (κ2) is 3.89. The van der Waals surface area contributed by atoms with E-state index in [0.29, 0.717) is 17.1 Å². The molecule has 84 valence electrons. The topological polar surface area (TPSA) is 51.3 Å². The van der Waals surface area contributed by atoms with Crippen molar-refractivity contribution in [3.05, 3.63) is 23.4 Å². The van der Waals surface area contributed by atoms with Gasteiger partial charge < -0.3 is 14.5 Å². The Kier molecular flexibility index (Phi) is 2.56. The van der Waals surface area contributed by atoms with E-state index in [1.54, 1.807) is 20.3 Å². The summed E-state index contributed by atoms with van der Waals surface area (Å²) in [7, 11) is 3.17. The molecule has 1 heterocycles. The number of hydrogen-bond acceptors (Lipinski definition) is 3. The molecule has 16 heavy (non-hydrogen) atoms. The smallest absolute Gasteiger partial charge is 0.152 e. The molecule has 0 aliphatic heterocycles. The molecule has 2 rings (SSSR count). The molecule has 0 bridgehead atoms. The molecule has 0 radical (unpaired) electrons. The Morgan fingerprint density at radius 1 is 1.25 bits per heavy atom. The molecule has 0 saturated heterocycles. The van der Waals surface area contributed by atoms with Gasteiger partial charge in [0, 0.05) is 22.7 Å². The Hall–Kier alpha value is -1.97. The Morgan fingerprint density at radius 3 is 2.56 bits per heavy atom. The number of methoxy groups -OCH3 is 2. The number of rotatable bonds is 3. The molecule has 0 saturated carbocycles. The number of H-pyrrole nitrogens is 1. The number of benzene rings is 1. The number of carbonyl (C=O) groups is 1. The lowest BCUT2D eigenvalue weighted by atomic mass is 10.1. The minimum absolute atomic E-state index is 0.646. The highest BCUT2D eigenvalue weighted by Crippen LogP contribution is 2.33. The first-order valence-corrected chi connectivity index (χ1v) is 4.90. The summed E-state index contributed by atoms with van der Waals surface area (Å²) in [5, 5.41) is 0.823. The predicted molar refractivity (Wildman–Crippen MR) is 61.5 cm³/mol. The molecule has 0 fully saturated rings. The van der Waals surface area contributed by atoms with Gasteiger partial charge in [0.15, 0.2) is 6.29 Å². The van der Waals surface area contributed by atoms with Crippen LogP contribution in [-0.4, -0.2) is 25.5 Å². The number of aldehydes is 1. The summed E-state index contributed by atoms with van der Waals surface area (Å²) in [4.78, 5) is 14.1. The highest BCUT2D eigenvalue weighted by Gasteiger charge is 2.13. The highest BCUT2D eigenvalue weighted by atomic mass is 16.5. The maximum absolute atomic E-state index is 11.0.